The van der Waals surface area contributed by atoms with Crippen molar-refractivity contribution in [3.8, 4) is 0 Å². The Morgan fingerprint density at radius 2 is 2.21 bits per heavy atom. The third-order valence-corrected chi connectivity index (χ3v) is 2.59. The van der Waals surface area contributed by atoms with Gasteiger partial charge >= 0.3 is 6.18 Å². The second kappa shape index (κ2) is 6.25. The third kappa shape index (κ3) is 5.07. The van der Waals surface area contributed by atoms with Gasteiger partial charge in [0.15, 0.2) is 0 Å². The molecule has 3 N–H and O–H groups in total. The van der Waals surface area contributed by atoms with E-state index < -0.39 is 18.3 Å². The normalized spacial score (nSPS) is 13.4. The van der Waals surface area contributed by atoms with Crippen LogP contribution in [0.15, 0.2) is 11.0 Å². The van der Waals surface area contributed by atoms with E-state index in [1.54, 1.807) is 0 Å². The Morgan fingerprint density at radius 3 is 2.74 bits per heavy atom. The van der Waals surface area contributed by atoms with Crippen LogP contribution in [0.3, 0.4) is 0 Å². The molecule has 108 valence electrons. The number of nitrogens with two attached hydrogens (primary N) is 1. The lowest BCUT2D eigenvalue weighted by atomic mass is 10.2. The molecule has 1 heterocycles. The number of anilines is 1. The number of hydrogen-bond acceptors (Lipinski definition) is 4. The first-order chi connectivity index (χ1) is 8.70. The van der Waals surface area contributed by atoms with Crippen LogP contribution in [-0.4, -0.2) is 28.5 Å². The zero-order chi connectivity index (χ0) is 14.6. The first kappa shape index (κ1) is 15.8. The molecule has 1 aromatic heterocycles. The average molecular weight is 299 g/mol. The summed E-state index contributed by atoms with van der Waals surface area (Å²) in [5.41, 5.74) is 4.76. The lowest BCUT2D eigenvalue weighted by Crippen LogP contribution is -2.31. The molecule has 0 aliphatic heterocycles. The highest BCUT2D eigenvalue weighted by Crippen LogP contribution is 2.19. The van der Waals surface area contributed by atoms with E-state index in [9.17, 15) is 18.0 Å². The fourth-order valence-corrected chi connectivity index (χ4v) is 1.52. The zero-order valence-corrected chi connectivity index (χ0v) is 10.9. The summed E-state index contributed by atoms with van der Waals surface area (Å²) >= 11 is 5.71. The van der Waals surface area contributed by atoms with E-state index in [2.05, 4.69) is 10.4 Å². The topological polar surface area (TPSA) is 72.9 Å². The van der Waals surface area contributed by atoms with Crippen LogP contribution in [0.4, 0.5) is 18.9 Å². The molecule has 1 unspecified atom stereocenters. The van der Waals surface area contributed by atoms with Crippen molar-refractivity contribution in [3.05, 3.63) is 21.6 Å². The lowest BCUT2D eigenvalue weighted by Gasteiger charge is -2.12. The predicted molar refractivity (Wildman–Crippen MR) is 66.3 cm³/mol. The van der Waals surface area contributed by atoms with Gasteiger partial charge in [0.2, 0.25) is 0 Å². The summed E-state index contributed by atoms with van der Waals surface area (Å²) in [6, 6.07) is -0.0372. The molecule has 5 nitrogen and oxygen atoms in total. The summed E-state index contributed by atoms with van der Waals surface area (Å²) < 4.78 is 36.8. The van der Waals surface area contributed by atoms with E-state index in [4.69, 9.17) is 17.3 Å². The molecule has 0 fully saturated rings. The van der Waals surface area contributed by atoms with Crippen molar-refractivity contribution in [2.75, 3.05) is 11.9 Å². The second-order valence-electron chi connectivity index (χ2n) is 4.14. The van der Waals surface area contributed by atoms with Gasteiger partial charge in [-0.25, -0.2) is 4.68 Å². The van der Waals surface area contributed by atoms with E-state index in [1.807, 2.05) is 6.92 Å². The molecule has 9 heteroatoms. The van der Waals surface area contributed by atoms with Gasteiger partial charge in [0.1, 0.15) is 11.6 Å². The van der Waals surface area contributed by atoms with Crippen LogP contribution in [-0.2, 0) is 6.54 Å². The molecule has 1 rings (SSSR count). The fourth-order valence-electron chi connectivity index (χ4n) is 1.31. The largest absolute Gasteiger partial charge is 0.408 e. The molecule has 0 radical (unpaired) electrons. The van der Waals surface area contributed by atoms with Gasteiger partial charge in [-0.2, -0.15) is 18.3 Å². The number of alkyl halides is 3. The first-order valence-corrected chi connectivity index (χ1v) is 5.90. The predicted octanol–water partition coefficient (Wildman–Crippen LogP) is 1.61. The summed E-state index contributed by atoms with van der Waals surface area (Å²) in [5.74, 6) is 0. The number of hydrogen-bond donors (Lipinski definition) is 2. The van der Waals surface area contributed by atoms with Crippen molar-refractivity contribution < 1.29 is 13.2 Å². The Hall–Kier alpha value is -1.28. The molecule has 0 saturated heterocycles. The van der Waals surface area contributed by atoms with Crippen LogP contribution in [0.5, 0.6) is 0 Å². The Morgan fingerprint density at radius 1 is 1.58 bits per heavy atom. The summed E-state index contributed by atoms with van der Waals surface area (Å²) in [6.45, 7) is 0.788. The van der Waals surface area contributed by atoms with Crippen molar-refractivity contribution in [3.63, 3.8) is 0 Å². The Bertz CT molecular complexity index is 487. The van der Waals surface area contributed by atoms with Crippen LogP contribution in [0, 0.1) is 0 Å². The summed E-state index contributed by atoms with van der Waals surface area (Å²) in [4.78, 5) is 11.6. The monoisotopic (exact) mass is 298 g/mol. The molecule has 19 heavy (non-hydrogen) atoms. The molecule has 0 aromatic carbocycles. The maximum Gasteiger partial charge on any atom is 0.408 e. The van der Waals surface area contributed by atoms with E-state index in [-0.39, 0.29) is 21.4 Å². The number of nitrogens with one attached hydrogen (secondary N) is 1. The van der Waals surface area contributed by atoms with Crippen LogP contribution in [0.1, 0.15) is 13.3 Å². The van der Waals surface area contributed by atoms with Gasteiger partial charge in [0.25, 0.3) is 5.56 Å². The lowest BCUT2D eigenvalue weighted by molar-refractivity contribution is -0.143. The molecule has 0 saturated carbocycles. The van der Waals surface area contributed by atoms with E-state index in [1.165, 1.54) is 0 Å². The second-order valence-corrected chi connectivity index (χ2v) is 4.52. The van der Waals surface area contributed by atoms with E-state index in [0.29, 0.717) is 13.0 Å². The highest BCUT2D eigenvalue weighted by atomic mass is 35.5. The highest BCUT2D eigenvalue weighted by Gasteiger charge is 2.29. The molecular formula is C10H14ClF3N4O. The smallest absolute Gasteiger partial charge is 0.382 e. The first-order valence-electron chi connectivity index (χ1n) is 5.52. The molecule has 0 spiro atoms. The Kier molecular flexibility index (Phi) is 5.19. The number of aromatic nitrogens is 2. The molecule has 0 aliphatic rings. The Labute approximate surface area is 112 Å². The van der Waals surface area contributed by atoms with Crippen molar-refractivity contribution in [1.82, 2.24) is 9.78 Å². The number of nitrogens with zero attached hydrogens (tertiary/aromatic N) is 2. The van der Waals surface area contributed by atoms with Crippen molar-refractivity contribution in [1.29, 1.82) is 0 Å². The standard InChI is InChI=1S/C10H14ClF3N4O/c1-6(15)2-3-16-7-4-17-18(5-10(12,13)14)9(19)8(7)11/h4,6,16H,2-3,5,15H2,1H3. The molecule has 0 bridgehead atoms. The van der Waals surface area contributed by atoms with Crippen molar-refractivity contribution in [2.24, 2.45) is 5.73 Å². The van der Waals surface area contributed by atoms with Crippen molar-refractivity contribution in [2.45, 2.75) is 32.1 Å². The molecule has 0 aliphatic carbocycles. The number of halogens is 4. The van der Waals surface area contributed by atoms with Gasteiger partial charge in [0, 0.05) is 12.6 Å². The third-order valence-electron chi connectivity index (χ3n) is 2.23. The van der Waals surface area contributed by atoms with Gasteiger partial charge in [-0.1, -0.05) is 11.6 Å². The van der Waals surface area contributed by atoms with E-state index in [0.717, 1.165) is 6.20 Å². The zero-order valence-electron chi connectivity index (χ0n) is 10.2. The Balaban J connectivity index is 2.83. The number of rotatable bonds is 5. The van der Waals surface area contributed by atoms with Gasteiger partial charge < -0.3 is 11.1 Å². The van der Waals surface area contributed by atoms with Gasteiger partial charge in [-0.05, 0) is 13.3 Å². The molecular weight excluding hydrogens is 285 g/mol. The average Bonchev–Trinajstić information content (AvgIpc) is 2.26. The molecule has 1 atom stereocenters. The van der Waals surface area contributed by atoms with Crippen LogP contribution < -0.4 is 16.6 Å². The maximum absolute atomic E-state index is 12.2. The van der Waals surface area contributed by atoms with Crippen LogP contribution in [0.25, 0.3) is 0 Å². The highest BCUT2D eigenvalue weighted by molar-refractivity contribution is 6.32. The SMILES string of the molecule is CC(N)CCNc1cnn(CC(F)(F)F)c(=O)c1Cl. The van der Waals surface area contributed by atoms with Gasteiger partial charge in [-0.15, -0.1) is 0 Å². The molecule has 1 aromatic rings. The van der Waals surface area contributed by atoms with Gasteiger partial charge in [0.05, 0.1) is 11.9 Å². The van der Waals surface area contributed by atoms with Crippen molar-refractivity contribution >= 4 is 17.3 Å². The van der Waals surface area contributed by atoms with Crippen LogP contribution >= 0.6 is 11.6 Å². The summed E-state index contributed by atoms with van der Waals surface area (Å²) in [7, 11) is 0. The summed E-state index contributed by atoms with van der Waals surface area (Å²) in [5, 5.41) is 5.92. The minimum absolute atomic E-state index is 0.0372. The minimum atomic E-state index is -4.52. The molecule has 0 amide bonds. The van der Waals surface area contributed by atoms with Crippen LogP contribution in [0.2, 0.25) is 5.02 Å². The van der Waals surface area contributed by atoms with E-state index >= 15 is 0 Å². The summed E-state index contributed by atoms with van der Waals surface area (Å²) in [6.07, 6.45) is -2.80. The maximum atomic E-state index is 12.2. The minimum Gasteiger partial charge on any atom is -0.382 e. The quantitative estimate of drug-likeness (QED) is 0.866. The fraction of sp³-hybridized carbons (Fsp3) is 0.600. The van der Waals surface area contributed by atoms with Gasteiger partial charge in [-0.3, -0.25) is 4.79 Å².